The van der Waals surface area contributed by atoms with Crippen molar-refractivity contribution < 1.29 is 190 Å². The average Bonchev–Trinajstić information content (AvgIpc) is 3.76. The fourth-order valence-electron chi connectivity index (χ4n) is 6.79. The molecule has 21 nitrogen and oxygen atoms in total. The molecule has 4 rings (SSSR count). The number of methoxy groups -OCH3 is 3. The SMILES string of the molecule is C=CC[C@]1(C)/C(=C/OC)CN(C(=O)OCc2ccccc2)[C@@H]1C(=O)OC.C=CC[C@]1(C)C(=O)CN(C(=O)OCc2ccccc2)[C@@H]1C(=O)OC.COP(=O)(OC)C(=[N+]=[N-])C(C)=O.O=CO[O-].[H-].[K+].[K+]. The third-order valence-corrected chi connectivity index (χ3v) is 12.1. The number of benzene rings is 2. The number of hydrogen-bond donors (Lipinski definition) is 0. The molecule has 2 fully saturated rings. The Morgan fingerprint density at radius 3 is 1.51 bits per heavy atom. The summed E-state index contributed by atoms with van der Waals surface area (Å²) < 4.78 is 45.8. The molecule has 2 saturated heterocycles. The largest absolute Gasteiger partial charge is 1.00 e. The summed E-state index contributed by atoms with van der Waals surface area (Å²) >= 11 is 0. The standard InChI is InChI=1S/C20H25NO5.C18H21NO5.C5H9N2O4P.CH2O3.2K.H/c1-5-11-20(2)16(14-24-3)12-21(17(20)18(22)25-4)19(23)26-13-15-9-7-6-8-10-15;1-4-10-18(2)14(20)11-19(15(18)16(21)23-3)17(22)24-12-13-8-6-5-7-9-13;1-4(8)5(7-6)12(9,10-2)11-3;2-1-4-3;;;/h5-10,14,17H,1,11-13H2,2-4H3;4-9,15H,1,10-12H2,2-3H3;1-3H3;1,3H;;;/q;;;;2*+1;-1/p-1/b16-14+;;;;;;/t17-,20-;15-,18-;;;;;/m11...../s1. The van der Waals surface area contributed by atoms with Crippen LogP contribution in [0.5, 0.6) is 0 Å². The van der Waals surface area contributed by atoms with Crippen molar-refractivity contribution in [3.8, 4) is 0 Å². The van der Waals surface area contributed by atoms with Crippen molar-refractivity contribution in [2.45, 2.75) is 58.9 Å². The molecule has 2 heterocycles. The summed E-state index contributed by atoms with van der Waals surface area (Å²) in [7, 11) is 2.56. The van der Waals surface area contributed by atoms with Gasteiger partial charge in [0.2, 0.25) is 5.78 Å². The number of carbonyl (C=O) groups is 7. The van der Waals surface area contributed by atoms with Crippen LogP contribution >= 0.6 is 7.60 Å². The smallest absolute Gasteiger partial charge is 1.00 e. The molecule has 2 aliphatic rings. The van der Waals surface area contributed by atoms with Crippen molar-refractivity contribution in [2.75, 3.05) is 48.6 Å². The summed E-state index contributed by atoms with van der Waals surface area (Å²) in [5.74, 6) is -2.01. The Kier molecular flexibility index (Phi) is 33.2. The Hall–Kier alpha value is -3.49. The van der Waals surface area contributed by atoms with E-state index >= 15 is 0 Å². The summed E-state index contributed by atoms with van der Waals surface area (Å²) in [6, 6.07) is 16.7. The molecule has 0 bridgehead atoms. The summed E-state index contributed by atoms with van der Waals surface area (Å²) in [5.41, 5.74) is 8.50. The average molecular weight is 1020 g/mol. The second kappa shape index (κ2) is 33.9. The normalized spacial score (nSPS) is 19.3. The Morgan fingerprint density at radius 1 is 0.794 bits per heavy atom. The van der Waals surface area contributed by atoms with Crippen LogP contribution in [0.1, 0.15) is 46.2 Å². The van der Waals surface area contributed by atoms with Gasteiger partial charge in [-0.05, 0) is 36.5 Å². The van der Waals surface area contributed by atoms with Gasteiger partial charge in [0.25, 0.3) is 6.47 Å². The van der Waals surface area contributed by atoms with E-state index in [1.165, 1.54) is 26.2 Å². The number of amides is 2. The molecule has 0 N–H and O–H groups in total. The molecule has 2 amide bonds. The van der Waals surface area contributed by atoms with Gasteiger partial charge in [-0.25, -0.2) is 23.7 Å². The maximum atomic E-state index is 12.7. The number of esters is 2. The number of ether oxygens (including phenoxy) is 5. The zero-order chi connectivity index (χ0) is 50.1. The molecule has 0 aliphatic carbocycles. The van der Waals surface area contributed by atoms with E-state index in [1.54, 1.807) is 25.3 Å². The van der Waals surface area contributed by atoms with Crippen LogP contribution < -0.4 is 108 Å². The molecule has 0 saturated carbocycles. The van der Waals surface area contributed by atoms with E-state index in [1.807, 2.05) is 67.6 Å². The molecule has 4 atom stereocenters. The first-order valence-corrected chi connectivity index (χ1v) is 21.1. The second-order valence-corrected chi connectivity index (χ2v) is 16.5. The topological polar surface area (TPSA) is 276 Å². The molecule has 24 heteroatoms. The third kappa shape index (κ3) is 18.7. The van der Waals surface area contributed by atoms with Gasteiger partial charge in [0, 0.05) is 33.1 Å². The van der Waals surface area contributed by atoms with Gasteiger partial charge < -0.3 is 49.8 Å². The Bertz CT molecular complexity index is 2140. The van der Waals surface area contributed by atoms with Crippen molar-refractivity contribution >= 4 is 55.2 Å². The van der Waals surface area contributed by atoms with Crippen LogP contribution in [0.3, 0.4) is 0 Å². The van der Waals surface area contributed by atoms with Crippen LogP contribution in [0.15, 0.2) is 97.8 Å². The van der Waals surface area contributed by atoms with Gasteiger partial charge in [0.05, 0.1) is 39.6 Å². The first kappa shape index (κ1) is 66.6. The van der Waals surface area contributed by atoms with E-state index < -0.39 is 65.9 Å². The molecule has 362 valence electrons. The molecule has 0 radical (unpaired) electrons. The first-order chi connectivity index (χ1) is 31.3. The quantitative estimate of drug-likeness (QED) is 0.0156. The fraction of sp³-hybridized carbons (Fsp3) is 0.409. The van der Waals surface area contributed by atoms with E-state index in [2.05, 4.69) is 31.9 Å². The second-order valence-electron chi connectivity index (χ2n) is 14.3. The molecule has 2 aliphatic heterocycles. The van der Waals surface area contributed by atoms with Crippen LogP contribution in [0, 0.1) is 10.8 Å². The number of hydrogen-bond acceptors (Lipinski definition) is 17. The minimum absolute atomic E-state index is 0. The Labute approximate surface area is 482 Å². The van der Waals surface area contributed by atoms with Gasteiger partial charge in [-0.3, -0.25) is 24.2 Å². The van der Waals surface area contributed by atoms with Crippen molar-refractivity contribution in [3.63, 3.8) is 0 Å². The van der Waals surface area contributed by atoms with Crippen LogP contribution in [-0.2, 0) is 79.4 Å². The number of allylic oxidation sites excluding steroid dienone is 2. The van der Waals surface area contributed by atoms with Crippen LogP contribution in [0.2, 0.25) is 0 Å². The minimum Gasteiger partial charge on any atom is -1.00 e. The van der Waals surface area contributed by atoms with E-state index in [0.717, 1.165) is 42.7 Å². The maximum absolute atomic E-state index is 12.7. The minimum atomic E-state index is -3.70. The predicted molar refractivity (Wildman–Crippen MR) is 233 cm³/mol. The van der Waals surface area contributed by atoms with E-state index in [4.69, 9.17) is 39.3 Å². The maximum Gasteiger partial charge on any atom is 1.00 e. The van der Waals surface area contributed by atoms with Crippen molar-refractivity contribution in [3.05, 3.63) is 114 Å². The van der Waals surface area contributed by atoms with E-state index in [9.17, 15) is 33.3 Å². The van der Waals surface area contributed by atoms with Gasteiger partial charge in [-0.15, -0.1) is 13.2 Å². The van der Waals surface area contributed by atoms with Gasteiger partial charge in [-0.1, -0.05) is 79.7 Å². The van der Waals surface area contributed by atoms with Crippen molar-refractivity contribution in [2.24, 2.45) is 10.8 Å². The Morgan fingerprint density at radius 2 is 1.19 bits per heavy atom. The van der Waals surface area contributed by atoms with Crippen LogP contribution in [0.25, 0.3) is 5.53 Å². The zero-order valence-corrected chi connectivity index (χ0v) is 47.2. The summed E-state index contributed by atoms with van der Waals surface area (Å²) in [4.78, 5) is 89.2. The first-order valence-electron chi connectivity index (χ1n) is 19.6. The number of Topliss-reactive ketones (excluding diaryl/α,β-unsaturated/α-hetero) is 2. The monoisotopic (exact) mass is 1020 g/mol. The number of likely N-dealkylation sites (tertiary alicyclic amines) is 2. The van der Waals surface area contributed by atoms with E-state index in [-0.39, 0.29) is 149 Å². The molecule has 2 aromatic carbocycles. The number of nitrogens with zero attached hydrogens (tertiary/aromatic N) is 4. The van der Waals surface area contributed by atoms with Crippen LogP contribution in [0.4, 0.5) is 9.59 Å². The molecule has 0 spiro atoms. The molecule has 68 heavy (non-hydrogen) atoms. The zero-order valence-electron chi connectivity index (χ0n) is 41.1. The van der Waals surface area contributed by atoms with Gasteiger partial charge in [-0.2, -0.15) is 4.79 Å². The molecule has 0 aromatic heterocycles. The predicted octanol–water partition coefficient (Wildman–Crippen LogP) is -1.13. The summed E-state index contributed by atoms with van der Waals surface area (Å²) in [5, 5.41) is 8.43. The number of ketones is 2. The summed E-state index contributed by atoms with van der Waals surface area (Å²) in [6.07, 6.45) is 4.34. The number of rotatable bonds is 16. The van der Waals surface area contributed by atoms with Crippen molar-refractivity contribution in [1.29, 1.82) is 0 Å². The Balaban J connectivity index is -0.000000939. The molecule has 0 unspecified atom stereocenters. The van der Waals surface area contributed by atoms with Crippen molar-refractivity contribution in [1.82, 2.24) is 9.80 Å². The van der Waals surface area contributed by atoms with Crippen LogP contribution in [-0.4, -0.2) is 123 Å². The third-order valence-electron chi connectivity index (χ3n) is 10.2. The molecule has 2 aromatic rings. The molecular formula is C44H57K2N4O17P. The van der Waals surface area contributed by atoms with E-state index in [0.29, 0.717) is 6.42 Å². The van der Waals surface area contributed by atoms with Gasteiger partial charge in [0.1, 0.15) is 25.3 Å². The summed E-state index contributed by atoms with van der Waals surface area (Å²) in [6.45, 7) is 12.1. The number of carbonyl (C=O) groups excluding carboxylic acids is 7. The molecular weight excluding hydrogens is 966 g/mol. The fourth-order valence-corrected chi connectivity index (χ4v) is 7.78. The van der Waals surface area contributed by atoms with Gasteiger partial charge in [0.15, 0.2) is 5.78 Å². The van der Waals surface area contributed by atoms with Gasteiger partial charge >= 0.3 is 140 Å².